The zero-order chi connectivity index (χ0) is 8.85. The minimum absolute atomic E-state index is 0.0319. The van der Waals surface area contributed by atoms with E-state index in [4.69, 9.17) is 5.11 Å². The Morgan fingerprint density at radius 1 is 1.36 bits per heavy atom. The van der Waals surface area contributed by atoms with Crippen molar-refractivity contribution in [3.8, 4) is 0 Å². The van der Waals surface area contributed by atoms with Crippen LogP contribution in [0.1, 0.15) is 20.3 Å². The van der Waals surface area contributed by atoms with Gasteiger partial charge in [-0.25, -0.2) is 8.78 Å². The molecule has 0 aliphatic heterocycles. The molecule has 0 aromatic carbocycles. The summed E-state index contributed by atoms with van der Waals surface area (Å²) in [5.74, 6) is 0. The van der Waals surface area contributed by atoms with Crippen LogP contribution in [-0.4, -0.2) is 30.2 Å². The fourth-order valence-corrected chi connectivity index (χ4v) is 0.799. The molecular formula is C7H15F2NO. The maximum atomic E-state index is 11.9. The molecule has 0 saturated carbocycles. The lowest BCUT2D eigenvalue weighted by Gasteiger charge is -2.18. The second-order valence-electron chi connectivity index (χ2n) is 2.70. The smallest absolute Gasteiger partial charge is 0.253 e. The van der Waals surface area contributed by atoms with Crippen molar-refractivity contribution in [3.63, 3.8) is 0 Å². The minimum atomic E-state index is -2.34. The third-order valence-corrected chi connectivity index (χ3v) is 1.49. The number of aliphatic hydroxyl groups is 1. The lowest BCUT2D eigenvalue weighted by Crippen LogP contribution is -2.39. The van der Waals surface area contributed by atoms with Crippen molar-refractivity contribution in [2.75, 3.05) is 6.61 Å². The number of aliphatic hydroxyl groups excluding tert-OH is 1. The predicted molar refractivity (Wildman–Crippen MR) is 39.8 cm³/mol. The largest absolute Gasteiger partial charge is 0.396 e. The van der Waals surface area contributed by atoms with E-state index in [9.17, 15) is 8.78 Å². The highest BCUT2D eigenvalue weighted by atomic mass is 19.3. The molecule has 0 aromatic rings. The van der Waals surface area contributed by atoms with Crippen molar-refractivity contribution in [2.24, 2.45) is 0 Å². The number of alkyl halides is 2. The van der Waals surface area contributed by atoms with E-state index in [-0.39, 0.29) is 12.6 Å². The molecule has 0 heterocycles. The van der Waals surface area contributed by atoms with Gasteiger partial charge in [0.05, 0.1) is 6.04 Å². The van der Waals surface area contributed by atoms with Gasteiger partial charge in [0.2, 0.25) is 0 Å². The lowest BCUT2D eigenvalue weighted by atomic mass is 10.2. The van der Waals surface area contributed by atoms with Gasteiger partial charge in [-0.3, -0.25) is 0 Å². The topological polar surface area (TPSA) is 32.3 Å². The van der Waals surface area contributed by atoms with Crippen molar-refractivity contribution >= 4 is 0 Å². The van der Waals surface area contributed by atoms with Crippen molar-refractivity contribution in [3.05, 3.63) is 0 Å². The number of rotatable bonds is 5. The molecule has 0 aliphatic rings. The van der Waals surface area contributed by atoms with Crippen molar-refractivity contribution in [2.45, 2.75) is 38.8 Å². The van der Waals surface area contributed by atoms with Crippen molar-refractivity contribution in [1.82, 2.24) is 5.32 Å². The van der Waals surface area contributed by atoms with Gasteiger partial charge in [0.15, 0.2) is 0 Å². The summed E-state index contributed by atoms with van der Waals surface area (Å²) in [7, 11) is 0. The third kappa shape index (κ3) is 5.09. The van der Waals surface area contributed by atoms with Crippen LogP contribution in [0.25, 0.3) is 0 Å². The average molecular weight is 167 g/mol. The van der Waals surface area contributed by atoms with E-state index >= 15 is 0 Å². The van der Waals surface area contributed by atoms with Gasteiger partial charge in [0, 0.05) is 12.6 Å². The predicted octanol–water partition coefficient (Wildman–Crippen LogP) is 1.00. The maximum absolute atomic E-state index is 11.9. The van der Waals surface area contributed by atoms with Gasteiger partial charge in [-0.2, -0.15) is 0 Å². The first-order valence-electron chi connectivity index (χ1n) is 3.73. The molecule has 0 fully saturated rings. The Morgan fingerprint density at radius 2 is 1.91 bits per heavy atom. The van der Waals surface area contributed by atoms with Gasteiger partial charge in [-0.05, 0) is 20.3 Å². The molecule has 2 atom stereocenters. The number of halogens is 2. The summed E-state index contributed by atoms with van der Waals surface area (Å²) >= 11 is 0. The highest BCUT2D eigenvalue weighted by molar-refractivity contribution is 4.68. The second-order valence-corrected chi connectivity index (χ2v) is 2.70. The Kier molecular flexibility index (Phi) is 5.32. The fraction of sp³-hybridized carbons (Fsp3) is 1.00. The van der Waals surface area contributed by atoms with E-state index in [1.165, 1.54) is 6.92 Å². The van der Waals surface area contributed by atoms with Crippen LogP contribution in [0.3, 0.4) is 0 Å². The molecule has 0 rings (SSSR count). The van der Waals surface area contributed by atoms with Crippen LogP contribution in [0.4, 0.5) is 8.78 Å². The summed E-state index contributed by atoms with van der Waals surface area (Å²) in [6, 6.07) is -0.847. The summed E-state index contributed by atoms with van der Waals surface area (Å²) < 4.78 is 23.8. The maximum Gasteiger partial charge on any atom is 0.253 e. The van der Waals surface area contributed by atoms with Gasteiger partial charge in [-0.15, -0.1) is 0 Å². The van der Waals surface area contributed by atoms with Crippen LogP contribution >= 0.6 is 0 Å². The van der Waals surface area contributed by atoms with E-state index < -0.39 is 12.5 Å². The minimum Gasteiger partial charge on any atom is -0.396 e. The molecule has 4 heteroatoms. The Labute approximate surface area is 65.6 Å². The molecule has 0 radical (unpaired) electrons. The quantitative estimate of drug-likeness (QED) is 0.640. The third-order valence-electron chi connectivity index (χ3n) is 1.49. The van der Waals surface area contributed by atoms with Crippen LogP contribution in [-0.2, 0) is 0 Å². The molecule has 2 unspecified atom stereocenters. The van der Waals surface area contributed by atoms with Gasteiger partial charge in [-0.1, -0.05) is 0 Å². The fourth-order valence-electron chi connectivity index (χ4n) is 0.799. The van der Waals surface area contributed by atoms with Crippen molar-refractivity contribution < 1.29 is 13.9 Å². The zero-order valence-corrected chi connectivity index (χ0v) is 6.85. The molecule has 0 spiro atoms. The molecular weight excluding hydrogens is 152 g/mol. The summed E-state index contributed by atoms with van der Waals surface area (Å²) in [6.07, 6.45) is -1.83. The summed E-state index contributed by atoms with van der Waals surface area (Å²) in [4.78, 5) is 0. The van der Waals surface area contributed by atoms with Crippen molar-refractivity contribution in [1.29, 1.82) is 0 Å². The Morgan fingerprint density at radius 3 is 2.27 bits per heavy atom. The molecule has 0 aliphatic carbocycles. The lowest BCUT2D eigenvalue weighted by molar-refractivity contribution is 0.0985. The molecule has 0 aromatic heterocycles. The van der Waals surface area contributed by atoms with Crippen LogP contribution in [0.15, 0.2) is 0 Å². The molecule has 0 amide bonds. The molecule has 0 bridgehead atoms. The summed E-state index contributed by atoms with van der Waals surface area (Å²) in [5.41, 5.74) is 0. The van der Waals surface area contributed by atoms with E-state index in [1.807, 2.05) is 0 Å². The molecule has 2 nitrogen and oxygen atoms in total. The number of nitrogens with one attached hydrogen (secondary N) is 1. The highest BCUT2D eigenvalue weighted by Gasteiger charge is 2.15. The van der Waals surface area contributed by atoms with Crippen LogP contribution < -0.4 is 5.32 Å². The summed E-state index contributed by atoms with van der Waals surface area (Å²) in [6.45, 7) is 3.23. The SMILES string of the molecule is CC(CCO)NC(C)C(F)F. The average Bonchev–Trinajstić information content (AvgIpc) is 1.87. The van der Waals surface area contributed by atoms with Crippen LogP contribution in [0.2, 0.25) is 0 Å². The van der Waals surface area contributed by atoms with Crippen LogP contribution in [0.5, 0.6) is 0 Å². The molecule has 11 heavy (non-hydrogen) atoms. The van der Waals surface area contributed by atoms with E-state index in [1.54, 1.807) is 6.92 Å². The highest BCUT2D eigenvalue weighted by Crippen LogP contribution is 2.01. The Balaban J connectivity index is 3.48. The normalized spacial score (nSPS) is 16.9. The molecule has 0 saturated heterocycles. The molecule has 68 valence electrons. The first-order valence-corrected chi connectivity index (χ1v) is 3.73. The second kappa shape index (κ2) is 5.43. The van der Waals surface area contributed by atoms with E-state index in [0.29, 0.717) is 6.42 Å². The number of hydrogen-bond acceptors (Lipinski definition) is 2. The van der Waals surface area contributed by atoms with Gasteiger partial charge < -0.3 is 10.4 Å². The first kappa shape index (κ1) is 10.8. The zero-order valence-electron chi connectivity index (χ0n) is 6.85. The van der Waals surface area contributed by atoms with Gasteiger partial charge >= 0.3 is 0 Å². The Bertz CT molecular complexity index is 100. The summed E-state index contributed by atoms with van der Waals surface area (Å²) in [5, 5.41) is 11.1. The van der Waals surface area contributed by atoms with E-state index in [0.717, 1.165) is 0 Å². The van der Waals surface area contributed by atoms with Gasteiger partial charge in [0.25, 0.3) is 6.43 Å². The molecule has 2 N–H and O–H groups in total. The van der Waals surface area contributed by atoms with Crippen LogP contribution in [0, 0.1) is 0 Å². The first-order chi connectivity index (χ1) is 5.07. The standard InChI is InChI=1S/C7H15F2NO/c1-5(3-4-11)10-6(2)7(8)9/h5-7,10-11H,3-4H2,1-2H3. The Hall–Kier alpha value is -0.220. The van der Waals surface area contributed by atoms with Gasteiger partial charge in [0.1, 0.15) is 0 Å². The monoisotopic (exact) mass is 167 g/mol. The number of hydrogen-bond donors (Lipinski definition) is 2. The van der Waals surface area contributed by atoms with E-state index in [2.05, 4.69) is 5.32 Å².